The van der Waals surface area contributed by atoms with Gasteiger partial charge in [0.05, 0.1) is 18.2 Å². The summed E-state index contributed by atoms with van der Waals surface area (Å²) in [4.78, 5) is 15.7. The molecule has 140 valence electrons. The summed E-state index contributed by atoms with van der Waals surface area (Å²) in [6.45, 7) is 1.59. The number of alkyl halides is 7. The Labute approximate surface area is 148 Å². The van der Waals surface area contributed by atoms with Gasteiger partial charge in [-0.05, 0) is 30.2 Å². The van der Waals surface area contributed by atoms with Crippen molar-refractivity contribution in [3.05, 3.63) is 34.9 Å². The molecule has 0 aromatic heterocycles. The van der Waals surface area contributed by atoms with Crippen LogP contribution in [0.1, 0.15) is 30.0 Å². The maximum Gasteiger partial charge on any atom is 0.416 e. The molecule has 0 radical (unpaired) electrons. The van der Waals surface area contributed by atoms with E-state index in [9.17, 15) is 31.1 Å². The van der Waals surface area contributed by atoms with E-state index in [-0.39, 0.29) is 17.8 Å². The molecule has 0 bridgehead atoms. The minimum Gasteiger partial charge on any atom is -0.467 e. The number of ether oxygens (including phenoxy) is 1. The van der Waals surface area contributed by atoms with Gasteiger partial charge in [0, 0.05) is 11.5 Å². The second kappa shape index (κ2) is 7.76. The average molecular weight is 434 g/mol. The van der Waals surface area contributed by atoms with Crippen LogP contribution in [0.2, 0.25) is 0 Å². The van der Waals surface area contributed by atoms with Gasteiger partial charge >= 0.3 is 18.3 Å². The van der Waals surface area contributed by atoms with Crippen molar-refractivity contribution in [2.45, 2.75) is 31.2 Å². The topological polar surface area (TPSA) is 38.7 Å². The van der Waals surface area contributed by atoms with Gasteiger partial charge in [0.25, 0.3) is 0 Å². The first-order chi connectivity index (χ1) is 11.4. The van der Waals surface area contributed by atoms with E-state index in [1.807, 2.05) is 0 Å². The summed E-state index contributed by atoms with van der Waals surface area (Å²) in [5, 5.41) is -0.00916. The summed E-state index contributed by atoms with van der Waals surface area (Å²) in [5.41, 5.74) is -4.78. The Balaban J connectivity index is 3.43. The zero-order valence-corrected chi connectivity index (χ0v) is 14.7. The Hall–Kier alpha value is -1.58. The van der Waals surface area contributed by atoms with Crippen molar-refractivity contribution < 1.29 is 35.9 Å². The molecule has 0 heterocycles. The van der Waals surface area contributed by atoms with Crippen LogP contribution in [0.3, 0.4) is 0 Å². The van der Waals surface area contributed by atoms with Crippen LogP contribution in [-0.4, -0.2) is 30.2 Å². The molecule has 25 heavy (non-hydrogen) atoms. The van der Waals surface area contributed by atoms with Gasteiger partial charge in [-0.15, -0.1) is 0 Å². The van der Waals surface area contributed by atoms with Gasteiger partial charge in [-0.25, -0.2) is 4.79 Å². The van der Waals surface area contributed by atoms with E-state index in [2.05, 4.69) is 25.7 Å². The largest absolute Gasteiger partial charge is 0.467 e. The van der Waals surface area contributed by atoms with E-state index in [1.165, 1.54) is 0 Å². The second-order valence-corrected chi connectivity index (χ2v) is 5.67. The lowest BCUT2D eigenvalue weighted by Gasteiger charge is -2.23. The fraction of sp³-hybridized carbons (Fsp3) is 0.467. The molecule has 0 saturated carbocycles. The molecule has 1 atom stereocenters. The number of rotatable bonds is 5. The van der Waals surface area contributed by atoms with E-state index in [0.717, 1.165) is 13.3 Å². The zero-order chi connectivity index (χ0) is 19.5. The van der Waals surface area contributed by atoms with Crippen LogP contribution < -0.4 is 0 Å². The van der Waals surface area contributed by atoms with E-state index in [1.54, 1.807) is 6.92 Å². The minimum atomic E-state index is -4.95. The van der Waals surface area contributed by atoms with Crippen LogP contribution in [-0.2, 0) is 21.9 Å². The Kier molecular flexibility index (Phi) is 6.66. The van der Waals surface area contributed by atoms with Crippen LogP contribution in [0.5, 0.6) is 0 Å². The number of carbonyl (C=O) groups is 1. The lowest BCUT2D eigenvalue weighted by atomic mass is 9.99. The van der Waals surface area contributed by atoms with Crippen molar-refractivity contribution in [3.8, 4) is 0 Å². The van der Waals surface area contributed by atoms with Gasteiger partial charge in [-0.1, -0.05) is 22.9 Å². The van der Waals surface area contributed by atoms with E-state index >= 15 is 0 Å². The van der Waals surface area contributed by atoms with Crippen LogP contribution in [0.15, 0.2) is 23.2 Å². The fourth-order valence-corrected chi connectivity index (χ4v) is 2.68. The molecule has 1 rings (SSSR count). The quantitative estimate of drug-likeness (QED) is 0.288. The van der Waals surface area contributed by atoms with E-state index < -0.39 is 40.6 Å². The van der Waals surface area contributed by atoms with Crippen molar-refractivity contribution in [3.63, 3.8) is 0 Å². The maximum absolute atomic E-state index is 12.8. The van der Waals surface area contributed by atoms with Gasteiger partial charge in [0.15, 0.2) is 5.54 Å². The highest BCUT2D eigenvalue weighted by Gasteiger charge is 2.38. The standard InChI is InChI=1S/C15H14BrF6NO2/c1-3-13(8-16,12(24)25-2)23-7-9-4-10(14(17,18)19)6-11(5-9)15(20,21)22/h4-7H,3,8H2,1-2H3/b23-7+. The van der Waals surface area contributed by atoms with Crippen LogP contribution in [0, 0.1) is 0 Å². The fourth-order valence-electron chi connectivity index (χ4n) is 1.91. The highest BCUT2D eigenvalue weighted by Crippen LogP contribution is 2.36. The summed E-state index contributed by atoms with van der Waals surface area (Å²) in [7, 11) is 1.11. The minimum absolute atomic E-state index is 0.00916. The Morgan fingerprint density at radius 3 is 1.92 bits per heavy atom. The number of methoxy groups -OCH3 is 1. The molecular formula is C15H14BrF6NO2. The highest BCUT2D eigenvalue weighted by molar-refractivity contribution is 9.09. The number of carbonyl (C=O) groups excluding carboxylic acids is 1. The molecular weight excluding hydrogens is 420 g/mol. The Morgan fingerprint density at radius 1 is 1.12 bits per heavy atom. The van der Waals surface area contributed by atoms with E-state index in [4.69, 9.17) is 0 Å². The average Bonchev–Trinajstić information content (AvgIpc) is 2.54. The number of benzene rings is 1. The monoisotopic (exact) mass is 433 g/mol. The highest BCUT2D eigenvalue weighted by atomic mass is 79.9. The first-order valence-corrected chi connectivity index (χ1v) is 8.01. The molecule has 0 aliphatic heterocycles. The predicted molar refractivity (Wildman–Crippen MR) is 82.9 cm³/mol. The van der Waals surface area contributed by atoms with Crippen molar-refractivity contribution >= 4 is 28.1 Å². The molecule has 10 heteroatoms. The summed E-state index contributed by atoms with van der Waals surface area (Å²) in [6, 6.07) is 1.09. The molecule has 0 aliphatic carbocycles. The van der Waals surface area contributed by atoms with Crippen molar-refractivity contribution in [1.29, 1.82) is 0 Å². The summed E-state index contributed by atoms with van der Waals surface area (Å²) >= 11 is 3.07. The Morgan fingerprint density at radius 2 is 1.60 bits per heavy atom. The third-order valence-electron chi connectivity index (χ3n) is 3.44. The van der Waals surface area contributed by atoms with Gasteiger partial charge in [-0.2, -0.15) is 26.3 Å². The van der Waals surface area contributed by atoms with Gasteiger partial charge in [0.1, 0.15) is 0 Å². The van der Waals surface area contributed by atoms with Crippen LogP contribution in [0.25, 0.3) is 0 Å². The number of hydrogen-bond donors (Lipinski definition) is 0. The molecule has 3 nitrogen and oxygen atoms in total. The van der Waals surface area contributed by atoms with Crippen LogP contribution >= 0.6 is 15.9 Å². The first-order valence-electron chi connectivity index (χ1n) is 6.88. The molecule has 0 saturated heterocycles. The molecule has 1 unspecified atom stereocenters. The number of nitrogens with zero attached hydrogens (tertiary/aromatic N) is 1. The zero-order valence-electron chi connectivity index (χ0n) is 13.1. The summed E-state index contributed by atoms with van der Waals surface area (Å²) in [5.74, 6) is -0.758. The van der Waals surface area contributed by atoms with Crippen molar-refractivity contribution in [2.75, 3.05) is 12.4 Å². The SMILES string of the molecule is CCC(CBr)(/N=C/c1cc(C(F)(F)F)cc(C(F)(F)F)c1)C(=O)OC. The molecule has 0 spiro atoms. The van der Waals surface area contributed by atoms with Crippen molar-refractivity contribution in [2.24, 2.45) is 4.99 Å². The normalized spacial score (nSPS) is 15.2. The summed E-state index contributed by atoms with van der Waals surface area (Å²) < 4.78 is 81.6. The first kappa shape index (κ1) is 21.5. The number of halogens is 7. The Bertz CT molecular complexity index is 618. The second-order valence-electron chi connectivity index (χ2n) is 5.11. The molecule has 0 N–H and O–H groups in total. The van der Waals surface area contributed by atoms with Crippen molar-refractivity contribution in [1.82, 2.24) is 0 Å². The lowest BCUT2D eigenvalue weighted by Crippen LogP contribution is -2.39. The van der Waals surface area contributed by atoms with Gasteiger partial charge < -0.3 is 4.74 Å². The number of aliphatic imine (C=N–C) groups is 1. The summed E-state index contributed by atoms with van der Waals surface area (Å²) in [6.07, 6.45) is -8.97. The van der Waals surface area contributed by atoms with Crippen LogP contribution in [0.4, 0.5) is 26.3 Å². The maximum atomic E-state index is 12.8. The predicted octanol–water partition coefficient (Wildman–Crippen LogP) is 4.86. The third-order valence-corrected chi connectivity index (χ3v) is 4.37. The smallest absolute Gasteiger partial charge is 0.416 e. The number of esters is 1. The lowest BCUT2D eigenvalue weighted by molar-refractivity contribution is -0.146. The molecule has 0 amide bonds. The third kappa shape index (κ3) is 5.20. The van der Waals surface area contributed by atoms with Gasteiger partial charge in [0.2, 0.25) is 0 Å². The molecule has 0 fully saturated rings. The molecule has 1 aromatic carbocycles. The molecule has 1 aromatic rings. The molecule has 0 aliphatic rings. The number of hydrogen-bond acceptors (Lipinski definition) is 3. The van der Waals surface area contributed by atoms with Gasteiger partial charge in [-0.3, -0.25) is 4.99 Å². The van der Waals surface area contributed by atoms with E-state index in [0.29, 0.717) is 12.1 Å².